The van der Waals surface area contributed by atoms with E-state index < -0.39 is 23.7 Å². The number of carbonyl (C=O) groups excluding carboxylic acids is 2. The van der Waals surface area contributed by atoms with Crippen LogP contribution in [0.3, 0.4) is 0 Å². The van der Waals surface area contributed by atoms with Crippen LogP contribution in [0.5, 0.6) is 0 Å². The lowest BCUT2D eigenvalue weighted by Crippen LogP contribution is -2.47. The second-order valence-corrected chi connectivity index (χ2v) is 8.43. The minimum atomic E-state index is -4.47. The summed E-state index contributed by atoms with van der Waals surface area (Å²) in [5.41, 5.74) is 1.28. The molecule has 3 N–H and O–H groups in total. The number of nitrogens with one attached hydrogen (secondary N) is 3. The number of rotatable bonds is 7. The second-order valence-electron chi connectivity index (χ2n) is 7.48. The summed E-state index contributed by atoms with van der Waals surface area (Å²) in [6, 6.07) is 14.9. The number of H-pyrrole nitrogens is 1. The van der Waals surface area contributed by atoms with Crippen LogP contribution in [0.2, 0.25) is 0 Å². The normalized spacial score (nSPS) is 12.5. The highest BCUT2D eigenvalue weighted by Crippen LogP contribution is 2.29. The highest BCUT2D eigenvalue weighted by atomic mass is 32.1. The number of amides is 2. The lowest BCUT2D eigenvalue weighted by atomic mass is 10.0. The van der Waals surface area contributed by atoms with Crippen LogP contribution in [0.15, 0.2) is 72.2 Å². The minimum absolute atomic E-state index is 0.0952. The van der Waals surface area contributed by atoms with Crippen LogP contribution in [-0.4, -0.2) is 22.8 Å². The van der Waals surface area contributed by atoms with Crippen LogP contribution < -0.4 is 10.6 Å². The Kier molecular flexibility index (Phi) is 6.50. The van der Waals surface area contributed by atoms with Crippen LogP contribution >= 0.6 is 11.3 Å². The molecule has 0 saturated heterocycles. The van der Waals surface area contributed by atoms with Crippen molar-refractivity contribution < 1.29 is 22.8 Å². The quantitative estimate of drug-likeness (QED) is 0.359. The van der Waals surface area contributed by atoms with Gasteiger partial charge in [0.05, 0.1) is 10.4 Å². The predicted octanol–water partition coefficient (Wildman–Crippen LogP) is 4.91. The smallest absolute Gasteiger partial charge is 0.361 e. The van der Waals surface area contributed by atoms with Gasteiger partial charge in [0.2, 0.25) is 5.91 Å². The Labute approximate surface area is 191 Å². The van der Waals surface area contributed by atoms with Gasteiger partial charge in [0.15, 0.2) is 0 Å². The molecule has 5 nitrogen and oxygen atoms in total. The van der Waals surface area contributed by atoms with Crippen LogP contribution in [0.4, 0.5) is 13.2 Å². The van der Waals surface area contributed by atoms with Crippen molar-refractivity contribution in [1.29, 1.82) is 0 Å². The van der Waals surface area contributed by atoms with Crippen molar-refractivity contribution >= 4 is 34.1 Å². The van der Waals surface area contributed by atoms with E-state index in [2.05, 4.69) is 15.6 Å². The average Bonchev–Trinajstić information content (AvgIpc) is 3.47. The van der Waals surface area contributed by atoms with Crippen molar-refractivity contribution in [2.24, 2.45) is 0 Å². The zero-order valence-corrected chi connectivity index (χ0v) is 18.1. The summed E-state index contributed by atoms with van der Waals surface area (Å²) < 4.78 is 38.9. The van der Waals surface area contributed by atoms with E-state index in [0.717, 1.165) is 28.6 Å². The van der Waals surface area contributed by atoms with Crippen molar-refractivity contribution in [1.82, 2.24) is 15.6 Å². The first-order chi connectivity index (χ1) is 15.8. The van der Waals surface area contributed by atoms with Gasteiger partial charge in [-0.25, -0.2) is 0 Å². The van der Waals surface area contributed by atoms with Crippen molar-refractivity contribution in [2.45, 2.75) is 25.2 Å². The molecule has 0 aliphatic rings. The number of alkyl halides is 3. The van der Waals surface area contributed by atoms with Crippen molar-refractivity contribution in [2.75, 3.05) is 0 Å². The van der Waals surface area contributed by atoms with E-state index in [1.54, 1.807) is 23.7 Å². The Balaban J connectivity index is 1.52. The lowest BCUT2D eigenvalue weighted by molar-refractivity contribution is -0.137. The summed E-state index contributed by atoms with van der Waals surface area (Å²) in [5, 5.41) is 8.11. The first-order valence-corrected chi connectivity index (χ1v) is 11.0. The number of thiophene rings is 1. The Bertz CT molecular complexity index is 1270. The number of fused-ring (bicyclic) bond motifs is 1. The Morgan fingerprint density at radius 3 is 2.61 bits per heavy atom. The van der Waals surface area contributed by atoms with Gasteiger partial charge in [0, 0.05) is 30.1 Å². The monoisotopic (exact) mass is 471 g/mol. The maximum atomic E-state index is 13.0. The molecule has 170 valence electrons. The lowest BCUT2D eigenvalue weighted by Gasteiger charge is -2.18. The molecule has 0 aliphatic heterocycles. The van der Waals surface area contributed by atoms with Crippen molar-refractivity contribution in [3.8, 4) is 0 Å². The van der Waals surface area contributed by atoms with Gasteiger partial charge in [-0.05, 0) is 40.8 Å². The molecule has 4 aromatic rings. The summed E-state index contributed by atoms with van der Waals surface area (Å²) in [7, 11) is 0. The van der Waals surface area contributed by atoms with E-state index in [1.807, 2.05) is 24.3 Å². The number of aromatic nitrogens is 1. The molecule has 2 amide bonds. The van der Waals surface area contributed by atoms with Gasteiger partial charge in [0.25, 0.3) is 5.91 Å². The largest absolute Gasteiger partial charge is 0.416 e. The van der Waals surface area contributed by atoms with Crippen molar-refractivity contribution in [3.63, 3.8) is 0 Å². The molecular formula is C24H20F3N3O2S. The fourth-order valence-electron chi connectivity index (χ4n) is 3.54. The summed E-state index contributed by atoms with van der Waals surface area (Å²) >= 11 is 1.25. The average molecular weight is 472 g/mol. The Morgan fingerprint density at radius 1 is 1.03 bits per heavy atom. The van der Waals surface area contributed by atoms with Crippen LogP contribution in [0.25, 0.3) is 10.9 Å². The molecule has 0 unspecified atom stereocenters. The molecule has 4 rings (SSSR count). The third-order valence-electron chi connectivity index (χ3n) is 5.19. The summed E-state index contributed by atoms with van der Waals surface area (Å²) in [5.74, 6) is -0.869. The molecule has 0 aliphatic carbocycles. The molecule has 9 heteroatoms. The van der Waals surface area contributed by atoms with Crippen LogP contribution in [-0.2, 0) is 23.9 Å². The molecule has 2 heterocycles. The van der Waals surface area contributed by atoms with E-state index in [0.29, 0.717) is 10.4 Å². The standard InChI is InChI=1S/C24H20F3N3O2S/c25-24(26,27)17-6-3-5-15(11-17)13-29-22(31)20(30-23(32)21-9-4-10-33-21)12-16-14-28-19-8-2-1-7-18(16)19/h1-11,14,20,28H,12-13H2,(H,29,31)(H,30,32)/t20-/m0/s1. The maximum Gasteiger partial charge on any atom is 0.416 e. The summed E-state index contributed by atoms with van der Waals surface area (Å²) in [6.07, 6.45) is -2.46. The molecular weight excluding hydrogens is 451 g/mol. The van der Waals surface area contributed by atoms with E-state index in [4.69, 9.17) is 0 Å². The van der Waals surface area contributed by atoms with Gasteiger partial charge in [-0.2, -0.15) is 13.2 Å². The second kappa shape index (κ2) is 9.50. The van der Waals surface area contributed by atoms with Gasteiger partial charge < -0.3 is 15.6 Å². The number of benzene rings is 2. The molecule has 2 aromatic heterocycles. The van der Waals surface area contributed by atoms with E-state index in [9.17, 15) is 22.8 Å². The zero-order valence-electron chi connectivity index (χ0n) is 17.3. The van der Waals surface area contributed by atoms with Gasteiger partial charge in [-0.1, -0.05) is 36.4 Å². The topological polar surface area (TPSA) is 74.0 Å². The number of carbonyl (C=O) groups is 2. The van der Waals surface area contributed by atoms with E-state index in [1.165, 1.54) is 23.5 Å². The third-order valence-corrected chi connectivity index (χ3v) is 6.06. The molecule has 33 heavy (non-hydrogen) atoms. The summed E-state index contributed by atoms with van der Waals surface area (Å²) in [6.45, 7) is -0.0952. The van der Waals surface area contributed by atoms with Gasteiger partial charge in [-0.3, -0.25) is 9.59 Å². The Hall–Kier alpha value is -3.59. The highest BCUT2D eigenvalue weighted by molar-refractivity contribution is 7.12. The SMILES string of the molecule is O=C(N[C@@H](Cc1c[nH]c2ccccc12)C(=O)NCc1cccc(C(F)(F)F)c1)c1cccs1. The van der Waals surface area contributed by atoms with Crippen LogP contribution in [0.1, 0.15) is 26.4 Å². The van der Waals surface area contributed by atoms with E-state index in [-0.39, 0.29) is 18.9 Å². The maximum absolute atomic E-state index is 13.0. The van der Waals surface area contributed by atoms with Gasteiger partial charge in [-0.15, -0.1) is 11.3 Å². The van der Waals surface area contributed by atoms with Gasteiger partial charge >= 0.3 is 6.18 Å². The molecule has 2 aromatic carbocycles. The first-order valence-electron chi connectivity index (χ1n) is 10.1. The molecule has 0 spiro atoms. The number of hydrogen-bond donors (Lipinski definition) is 3. The number of halogens is 3. The number of aromatic amines is 1. The zero-order chi connectivity index (χ0) is 23.4. The molecule has 1 atom stereocenters. The van der Waals surface area contributed by atoms with E-state index >= 15 is 0 Å². The van der Waals surface area contributed by atoms with Crippen molar-refractivity contribution in [3.05, 3.63) is 93.8 Å². The molecule has 0 bridgehead atoms. The molecule has 0 radical (unpaired) electrons. The fourth-order valence-corrected chi connectivity index (χ4v) is 4.16. The highest BCUT2D eigenvalue weighted by Gasteiger charge is 2.30. The minimum Gasteiger partial charge on any atom is -0.361 e. The summed E-state index contributed by atoms with van der Waals surface area (Å²) in [4.78, 5) is 29.2. The number of para-hydroxylation sites is 1. The molecule has 0 fully saturated rings. The fraction of sp³-hybridized carbons (Fsp3) is 0.167. The predicted molar refractivity (Wildman–Crippen MR) is 121 cm³/mol. The van der Waals surface area contributed by atoms with Gasteiger partial charge in [0.1, 0.15) is 6.04 Å². The third kappa shape index (κ3) is 5.43. The number of hydrogen-bond acceptors (Lipinski definition) is 3. The van der Waals surface area contributed by atoms with Crippen LogP contribution in [0, 0.1) is 0 Å². The first kappa shape index (κ1) is 22.6. The molecule has 0 saturated carbocycles. The Morgan fingerprint density at radius 2 is 1.85 bits per heavy atom.